The molecule has 1 aromatic heterocycles. The minimum Gasteiger partial charge on any atom is -0.322 e. The van der Waals surface area contributed by atoms with Crippen LogP contribution in [0.3, 0.4) is 0 Å². The summed E-state index contributed by atoms with van der Waals surface area (Å²) < 4.78 is 15.1. The summed E-state index contributed by atoms with van der Waals surface area (Å²) in [6.45, 7) is 2.31. The van der Waals surface area contributed by atoms with Crippen LogP contribution < -0.4 is 10.2 Å². The molecule has 0 saturated heterocycles. The molecule has 0 radical (unpaired) electrons. The van der Waals surface area contributed by atoms with Crippen LogP contribution >= 0.6 is 11.3 Å². The molecule has 3 aromatic carbocycles. The number of rotatable bonds is 3. The Kier molecular flexibility index (Phi) is 5.52. The normalized spacial score (nSPS) is 12.5. The van der Waals surface area contributed by atoms with Crippen molar-refractivity contribution < 1.29 is 14.0 Å². The molecule has 2 amide bonds. The van der Waals surface area contributed by atoms with Crippen molar-refractivity contribution in [1.29, 1.82) is 0 Å². The second kappa shape index (κ2) is 8.64. The van der Waals surface area contributed by atoms with Gasteiger partial charge in [0.15, 0.2) is 0 Å². The number of carbonyl (C=O) groups excluding carboxylic acids is 2. The predicted molar refractivity (Wildman–Crippen MR) is 131 cm³/mol. The Labute approximate surface area is 195 Å². The Balaban J connectivity index is 1.42. The molecule has 0 fully saturated rings. The maximum atomic E-state index is 15.1. The molecule has 4 aromatic rings. The number of hydrogen-bond donors (Lipinski definition) is 1. The Morgan fingerprint density at radius 1 is 0.970 bits per heavy atom. The summed E-state index contributed by atoms with van der Waals surface area (Å²) >= 11 is 1.65. The zero-order valence-corrected chi connectivity index (χ0v) is 18.8. The second-order valence-electron chi connectivity index (χ2n) is 7.96. The lowest BCUT2D eigenvalue weighted by Gasteiger charge is -2.23. The Morgan fingerprint density at radius 2 is 1.76 bits per heavy atom. The molecule has 0 spiro atoms. The van der Waals surface area contributed by atoms with E-state index in [1.165, 1.54) is 17.7 Å². The minimum atomic E-state index is -0.668. The van der Waals surface area contributed by atoms with Gasteiger partial charge in [0.1, 0.15) is 5.82 Å². The zero-order chi connectivity index (χ0) is 22.9. The van der Waals surface area contributed by atoms with Crippen LogP contribution in [0.25, 0.3) is 10.4 Å². The van der Waals surface area contributed by atoms with E-state index in [0.29, 0.717) is 24.2 Å². The Bertz CT molecular complexity index is 1380. The molecule has 0 bridgehead atoms. The molecule has 1 N–H and O–H groups in total. The highest BCUT2D eigenvalue weighted by Crippen LogP contribution is 2.40. The Morgan fingerprint density at radius 3 is 2.58 bits per heavy atom. The van der Waals surface area contributed by atoms with Crippen molar-refractivity contribution in [2.45, 2.75) is 13.3 Å². The standard InChI is InChI=1S/C27H21FN2O2S/c1-17-6-2-3-7-20(17)26(31)29-19-10-11-21(23(28)16-19)27(32)30-14-12-18-13-15-33-25(18)22-8-4-5-9-24(22)30/h2-11,13,15-16H,12,14H2,1H3,(H,29,31). The monoisotopic (exact) mass is 456 g/mol. The maximum absolute atomic E-state index is 15.1. The fraction of sp³-hybridized carbons (Fsp3) is 0.111. The molecule has 4 nitrogen and oxygen atoms in total. The molecular weight excluding hydrogens is 435 g/mol. The first-order valence-electron chi connectivity index (χ1n) is 10.7. The van der Waals surface area contributed by atoms with Gasteiger partial charge in [0, 0.05) is 28.2 Å². The van der Waals surface area contributed by atoms with Crippen molar-refractivity contribution in [3.8, 4) is 10.4 Å². The number of halogens is 1. The molecule has 6 heteroatoms. The molecular formula is C27H21FN2O2S. The third-order valence-electron chi connectivity index (χ3n) is 5.88. The van der Waals surface area contributed by atoms with Crippen LogP contribution in [0.4, 0.5) is 15.8 Å². The fourth-order valence-electron chi connectivity index (χ4n) is 4.17. The third kappa shape index (κ3) is 3.94. The van der Waals surface area contributed by atoms with E-state index in [9.17, 15) is 9.59 Å². The Hall–Kier alpha value is -3.77. The number of amides is 2. The molecule has 2 heterocycles. The number of hydrogen-bond acceptors (Lipinski definition) is 3. The summed E-state index contributed by atoms with van der Waals surface area (Å²) in [5.74, 6) is -1.38. The van der Waals surface area contributed by atoms with Crippen LogP contribution in [-0.2, 0) is 6.42 Å². The average Bonchev–Trinajstić information content (AvgIpc) is 3.22. The molecule has 0 atom stereocenters. The van der Waals surface area contributed by atoms with E-state index in [1.54, 1.807) is 34.4 Å². The van der Waals surface area contributed by atoms with Crippen LogP contribution in [-0.4, -0.2) is 18.4 Å². The van der Waals surface area contributed by atoms with Gasteiger partial charge in [-0.05, 0) is 66.2 Å². The lowest BCUT2D eigenvalue weighted by atomic mass is 10.1. The van der Waals surface area contributed by atoms with Crippen molar-refractivity contribution >= 4 is 34.5 Å². The van der Waals surface area contributed by atoms with Crippen LogP contribution in [0.1, 0.15) is 31.8 Å². The van der Waals surface area contributed by atoms with Gasteiger partial charge in [0.05, 0.1) is 11.3 Å². The molecule has 5 rings (SSSR count). The minimum absolute atomic E-state index is 0.0241. The SMILES string of the molecule is Cc1ccccc1C(=O)Nc1ccc(C(=O)N2CCc3ccsc3-c3ccccc32)c(F)c1. The maximum Gasteiger partial charge on any atom is 0.261 e. The van der Waals surface area contributed by atoms with Crippen molar-refractivity contribution in [3.63, 3.8) is 0 Å². The first kappa shape index (κ1) is 21.1. The van der Waals surface area contributed by atoms with Gasteiger partial charge in [-0.25, -0.2) is 4.39 Å². The van der Waals surface area contributed by atoms with E-state index >= 15 is 4.39 Å². The smallest absolute Gasteiger partial charge is 0.261 e. The number of aryl methyl sites for hydroxylation is 1. The summed E-state index contributed by atoms with van der Waals surface area (Å²) in [7, 11) is 0. The van der Waals surface area contributed by atoms with E-state index < -0.39 is 11.7 Å². The number of benzene rings is 3. The van der Waals surface area contributed by atoms with Crippen molar-refractivity contribution in [1.82, 2.24) is 0 Å². The quantitative estimate of drug-likeness (QED) is 0.392. The predicted octanol–water partition coefficient (Wildman–Crippen LogP) is 6.32. The number of thiophene rings is 1. The lowest BCUT2D eigenvalue weighted by Crippen LogP contribution is -2.33. The number of anilines is 2. The van der Waals surface area contributed by atoms with Gasteiger partial charge in [-0.1, -0.05) is 36.4 Å². The summed E-state index contributed by atoms with van der Waals surface area (Å²) in [4.78, 5) is 28.8. The van der Waals surface area contributed by atoms with Gasteiger partial charge in [0.2, 0.25) is 0 Å². The van der Waals surface area contributed by atoms with Crippen LogP contribution in [0.5, 0.6) is 0 Å². The highest BCUT2D eigenvalue weighted by Gasteiger charge is 2.27. The van der Waals surface area contributed by atoms with E-state index in [4.69, 9.17) is 0 Å². The van der Waals surface area contributed by atoms with Crippen molar-refractivity contribution in [2.75, 3.05) is 16.8 Å². The van der Waals surface area contributed by atoms with Crippen molar-refractivity contribution in [3.05, 3.63) is 106 Å². The molecule has 0 aliphatic carbocycles. The molecule has 33 heavy (non-hydrogen) atoms. The van der Waals surface area contributed by atoms with E-state index in [-0.39, 0.29) is 11.5 Å². The van der Waals surface area contributed by atoms with E-state index in [0.717, 1.165) is 21.7 Å². The lowest BCUT2D eigenvalue weighted by molar-refractivity contribution is 0.0982. The molecule has 0 saturated carbocycles. The van der Waals surface area contributed by atoms with Gasteiger partial charge in [0.25, 0.3) is 11.8 Å². The first-order valence-corrected chi connectivity index (χ1v) is 11.5. The third-order valence-corrected chi connectivity index (χ3v) is 6.87. The van der Waals surface area contributed by atoms with E-state index in [2.05, 4.69) is 16.8 Å². The number of nitrogens with zero attached hydrogens (tertiary/aromatic N) is 1. The van der Waals surface area contributed by atoms with E-state index in [1.807, 2.05) is 43.3 Å². The highest BCUT2D eigenvalue weighted by molar-refractivity contribution is 7.13. The van der Waals surface area contributed by atoms with Gasteiger partial charge in [-0.3, -0.25) is 9.59 Å². The molecule has 1 aliphatic rings. The number of nitrogens with one attached hydrogen (secondary N) is 1. The van der Waals surface area contributed by atoms with Crippen LogP contribution in [0, 0.1) is 12.7 Å². The fourth-order valence-corrected chi connectivity index (χ4v) is 5.16. The largest absolute Gasteiger partial charge is 0.322 e. The summed E-state index contributed by atoms with van der Waals surface area (Å²) in [5, 5.41) is 4.78. The van der Waals surface area contributed by atoms with Gasteiger partial charge in [-0.15, -0.1) is 11.3 Å². The number of fused-ring (bicyclic) bond motifs is 3. The van der Waals surface area contributed by atoms with Crippen LogP contribution in [0.2, 0.25) is 0 Å². The average molecular weight is 457 g/mol. The summed E-state index contributed by atoms with van der Waals surface area (Å²) in [6, 6.07) is 21.2. The molecule has 0 unspecified atom stereocenters. The highest BCUT2D eigenvalue weighted by atomic mass is 32.1. The second-order valence-corrected chi connectivity index (χ2v) is 8.88. The molecule has 164 valence electrons. The first-order chi connectivity index (χ1) is 16.0. The summed E-state index contributed by atoms with van der Waals surface area (Å²) in [6.07, 6.45) is 0.700. The van der Waals surface area contributed by atoms with Crippen LogP contribution in [0.15, 0.2) is 78.2 Å². The molecule has 1 aliphatic heterocycles. The topological polar surface area (TPSA) is 49.4 Å². The van der Waals surface area contributed by atoms with Gasteiger partial charge < -0.3 is 10.2 Å². The number of para-hydroxylation sites is 1. The van der Waals surface area contributed by atoms with Crippen molar-refractivity contribution in [2.24, 2.45) is 0 Å². The summed E-state index contributed by atoms with van der Waals surface area (Å²) in [5.41, 5.74) is 4.58. The number of carbonyl (C=O) groups is 2. The van der Waals surface area contributed by atoms with Gasteiger partial charge >= 0.3 is 0 Å². The van der Waals surface area contributed by atoms with Gasteiger partial charge in [-0.2, -0.15) is 0 Å². The zero-order valence-electron chi connectivity index (χ0n) is 18.0.